The van der Waals surface area contributed by atoms with E-state index < -0.39 is 0 Å². The van der Waals surface area contributed by atoms with Crippen LogP contribution in [0.3, 0.4) is 0 Å². The van der Waals surface area contributed by atoms with Gasteiger partial charge in [0.2, 0.25) is 0 Å². The monoisotopic (exact) mass is 788 g/mol. The fourth-order valence-electron chi connectivity index (χ4n) is 11.8. The van der Waals surface area contributed by atoms with Gasteiger partial charge in [0, 0.05) is 5.41 Å². The van der Waals surface area contributed by atoms with Crippen LogP contribution < -0.4 is 0 Å². The molecule has 12 aromatic carbocycles. The van der Waals surface area contributed by atoms with Crippen molar-refractivity contribution in [2.45, 2.75) is 37.5 Å². The van der Waals surface area contributed by atoms with Crippen molar-refractivity contribution in [2.24, 2.45) is 0 Å². The lowest BCUT2D eigenvalue weighted by Gasteiger charge is -2.39. The zero-order chi connectivity index (χ0) is 40.8. The predicted molar refractivity (Wildman–Crippen MR) is 268 cm³/mol. The molecule has 0 unspecified atom stereocenters. The van der Waals surface area contributed by atoms with Crippen LogP contribution in [-0.2, 0) is 5.41 Å². The lowest BCUT2D eigenvalue weighted by atomic mass is 9.65. The maximum atomic E-state index is 2.47. The summed E-state index contributed by atoms with van der Waals surface area (Å²) in [5, 5.41) is 21.1. The molecule has 13 rings (SSSR count). The first-order chi connectivity index (χ1) is 30.7. The molecule has 0 N–H and O–H groups in total. The molecule has 0 amide bonds. The summed E-state index contributed by atoms with van der Waals surface area (Å²) in [6.07, 6.45) is 6.13. The molecule has 1 fully saturated rings. The Balaban J connectivity index is 0.939. The lowest BCUT2D eigenvalue weighted by molar-refractivity contribution is 0.346. The fraction of sp³-hybridized carbons (Fsp3) is 0.0968. The number of rotatable bonds is 4. The summed E-state index contributed by atoms with van der Waals surface area (Å²) in [5.41, 5.74) is 7.99. The van der Waals surface area contributed by atoms with Crippen LogP contribution in [0.2, 0.25) is 0 Å². The molecule has 1 saturated carbocycles. The largest absolute Gasteiger partial charge is 0.0616 e. The minimum Gasteiger partial charge on any atom is -0.0616 e. The normalized spacial score (nSPS) is 14.3. The minimum absolute atomic E-state index is 0.0174. The second-order valence-electron chi connectivity index (χ2n) is 17.8. The molecule has 62 heavy (non-hydrogen) atoms. The number of hydrogen-bond acceptors (Lipinski definition) is 0. The molecule has 0 saturated heterocycles. The Hall–Kier alpha value is -7.28. The van der Waals surface area contributed by atoms with Crippen LogP contribution >= 0.6 is 0 Å². The van der Waals surface area contributed by atoms with Gasteiger partial charge in [0.05, 0.1) is 0 Å². The van der Waals surface area contributed by atoms with Gasteiger partial charge in [-0.2, -0.15) is 0 Å². The molecule has 0 heteroatoms. The van der Waals surface area contributed by atoms with Gasteiger partial charge in [-0.05, 0) is 145 Å². The summed E-state index contributed by atoms with van der Waals surface area (Å²) in [4.78, 5) is 0. The first kappa shape index (κ1) is 35.5. The molecule has 0 aromatic heterocycles. The van der Waals surface area contributed by atoms with Gasteiger partial charge in [0.25, 0.3) is 0 Å². The number of hydrogen-bond donors (Lipinski definition) is 0. The Kier molecular flexibility index (Phi) is 7.94. The number of fused-ring (bicyclic) bond motifs is 16. The molecule has 1 aliphatic carbocycles. The van der Waals surface area contributed by atoms with Crippen molar-refractivity contribution in [2.75, 3.05) is 0 Å². The van der Waals surface area contributed by atoms with Gasteiger partial charge >= 0.3 is 0 Å². The topological polar surface area (TPSA) is 0 Å². The average Bonchev–Trinajstić information content (AvgIpc) is 3.36. The van der Waals surface area contributed by atoms with Crippen LogP contribution in [0, 0.1) is 0 Å². The molecule has 0 atom stereocenters. The van der Waals surface area contributed by atoms with E-state index in [4.69, 9.17) is 0 Å². The molecular formula is C62H44. The number of benzene rings is 12. The van der Waals surface area contributed by atoms with Gasteiger partial charge in [-0.25, -0.2) is 0 Å². The average molecular weight is 789 g/mol. The molecule has 0 spiro atoms. The van der Waals surface area contributed by atoms with E-state index >= 15 is 0 Å². The molecule has 1 aliphatic rings. The van der Waals surface area contributed by atoms with E-state index in [-0.39, 0.29) is 5.41 Å². The highest BCUT2D eigenvalue weighted by Gasteiger charge is 2.36. The zero-order valence-electron chi connectivity index (χ0n) is 34.7. The summed E-state index contributed by atoms with van der Waals surface area (Å²) < 4.78 is 0. The summed E-state index contributed by atoms with van der Waals surface area (Å²) in [6.45, 7) is 0. The Bertz CT molecular complexity index is 3510. The summed E-state index contributed by atoms with van der Waals surface area (Å²) in [6, 6.07) is 78.2. The van der Waals surface area contributed by atoms with Crippen molar-refractivity contribution in [1.29, 1.82) is 0 Å². The van der Waals surface area contributed by atoms with Gasteiger partial charge in [-0.3, -0.25) is 0 Å². The van der Waals surface area contributed by atoms with E-state index in [1.54, 1.807) is 0 Å². The van der Waals surface area contributed by atoms with Crippen molar-refractivity contribution < 1.29 is 0 Å². The molecular weight excluding hydrogens is 745 g/mol. The van der Waals surface area contributed by atoms with Crippen LogP contribution in [0.5, 0.6) is 0 Å². The second kappa shape index (κ2) is 13.9. The molecule has 0 bridgehead atoms. The standard InChI is InChI=1S/C62H44/c1-14-36-62(37-15-1,42-32-28-40(29-33-42)56-38-58-48-20-4-2-16-44(48)46-18-6-10-24-52(46)60(58)54-26-12-8-22-50(54)56)43-34-30-41(31-35-43)57-39-59-49-21-5-3-17-45(49)47-19-7-11-25-53(47)61(59)55-27-13-9-23-51(55)57/h2-13,16-35,38-39H,1,14-15,36-37H2. The first-order valence-electron chi connectivity index (χ1n) is 22.5. The van der Waals surface area contributed by atoms with Crippen molar-refractivity contribution in [3.63, 3.8) is 0 Å². The summed E-state index contributed by atoms with van der Waals surface area (Å²) in [7, 11) is 0. The third kappa shape index (κ3) is 5.20. The quantitative estimate of drug-likeness (QED) is 0.156. The van der Waals surface area contributed by atoms with Gasteiger partial charge in [-0.15, -0.1) is 0 Å². The molecule has 12 aromatic rings. The van der Waals surface area contributed by atoms with E-state index in [1.165, 1.54) is 152 Å². The predicted octanol–water partition coefficient (Wildman–Crippen LogP) is 17.5. The van der Waals surface area contributed by atoms with Crippen molar-refractivity contribution >= 4 is 86.2 Å². The fourth-order valence-corrected chi connectivity index (χ4v) is 11.8. The van der Waals surface area contributed by atoms with E-state index in [1.807, 2.05) is 0 Å². The van der Waals surface area contributed by atoms with Crippen molar-refractivity contribution in [3.8, 4) is 22.3 Å². The summed E-state index contributed by atoms with van der Waals surface area (Å²) in [5.74, 6) is 0. The summed E-state index contributed by atoms with van der Waals surface area (Å²) >= 11 is 0. The molecule has 0 aliphatic heterocycles. The highest BCUT2D eigenvalue weighted by molar-refractivity contribution is 6.34. The zero-order valence-corrected chi connectivity index (χ0v) is 34.7. The van der Waals surface area contributed by atoms with Crippen LogP contribution in [0.1, 0.15) is 43.2 Å². The third-order valence-electron chi connectivity index (χ3n) is 14.7. The van der Waals surface area contributed by atoms with Crippen LogP contribution in [0.15, 0.2) is 206 Å². The van der Waals surface area contributed by atoms with Crippen molar-refractivity contribution in [3.05, 3.63) is 217 Å². The Morgan fingerprint density at radius 3 is 0.871 bits per heavy atom. The molecule has 0 nitrogen and oxygen atoms in total. The highest BCUT2D eigenvalue weighted by atomic mass is 14.4. The van der Waals surface area contributed by atoms with Crippen LogP contribution in [-0.4, -0.2) is 0 Å². The SMILES string of the molecule is c1ccc2c(c1)c(-c1ccc(C3(c4ccc(-c5cc6c7ccccc7c7ccccc7c6c6ccccc56)cc4)CCCCC3)cc1)cc1c3ccccc3c3ccccc3c21. The van der Waals surface area contributed by atoms with Crippen molar-refractivity contribution in [1.82, 2.24) is 0 Å². The van der Waals surface area contributed by atoms with Gasteiger partial charge in [-0.1, -0.05) is 213 Å². The molecule has 292 valence electrons. The van der Waals surface area contributed by atoms with Gasteiger partial charge in [0.15, 0.2) is 0 Å². The maximum absolute atomic E-state index is 2.47. The van der Waals surface area contributed by atoms with Gasteiger partial charge in [0.1, 0.15) is 0 Å². The Labute approximate surface area is 361 Å². The van der Waals surface area contributed by atoms with Crippen LogP contribution in [0.25, 0.3) is 108 Å². The minimum atomic E-state index is -0.0174. The van der Waals surface area contributed by atoms with Crippen LogP contribution in [0.4, 0.5) is 0 Å². The molecule has 0 heterocycles. The Morgan fingerprint density at radius 1 is 0.242 bits per heavy atom. The second-order valence-corrected chi connectivity index (χ2v) is 17.8. The molecule has 0 radical (unpaired) electrons. The lowest BCUT2D eigenvalue weighted by Crippen LogP contribution is -2.30. The maximum Gasteiger partial charge on any atom is 0.0202 e. The first-order valence-corrected chi connectivity index (χ1v) is 22.5. The van der Waals surface area contributed by atoms with Gasteiger partial charge < -0.3 is 0 Å². The van der Waals surface area contributed by atoms with E-state index in [2.05, 4.69) is 206 Å². The third-order valence-corrected chi connectivity index (χ3v) is 14.7. The highest BCUT2D eigenvalue weighted by Crippen LogP contribution is 2.48. The smallest absolute Gasteiger partial charge is 0.0202 e. The van der Waals surface area contributed by atoms with E-state index in [9.17, 15) is 0 Å². The van der Waals surface area contributed by atoms with E-state index in [0.717, 1.165) is 0 Å². The Morgan fingerprint density at radius 2 is 0.516 bits per heavy atom. The van der Waals surface area contributed by atoms with E-state index in [0.29, 0.717) is 0 Å².